The molecule has 120 valence electrons. The summed E-state index contributed by atoms with van der Waals surface area (Å²) in [6.45, 7) is 4.03. The molecule has 0 heterocycles. The minimum Gasteiger partial charge on any atom is -0.483 e. The summed E-state index contributed by atoms with van der Waals surface area (Å²) in [7, 11) is 0. The van der Waals surface area contributed by atoms with Gasteiger partial charge in [0.25, 0.3) is 5.91 Å². The average molecular weight is 302 g/mol. The van der Waals surface area contributed by atoms with Crippen molar-refractivity contribution in [3.8, 4) is 5.75 Å². The van der Waals surface area contributed by atoms with E-state index in [4.69, 9.17) is 4.74 Å². The van der Waals surface area contributed by atoms with Crippen LogP contribution in [0.5, 0.6) is 5.75 Å². The van der Waals surface area contributed by atoms with E-state index in [2.05, 4.69) is 10.5 Å². The summed E-state index contributed by atoms with van der Waals surface area (Å²) in [6, 6.07) is 5.85. The summed E-state index contributed by atoms with van der Waals surface area (Å²) in [6.07, 6.45) is 8.20. The van der Waals surface area contributed by atoms with Gasteiger partial charge in [0.15, 0.2) is 6.61 Å². The highest BCUT2D eigenvalue weighted by atomic mass is 16.5. The van der Waals surface area contributed by atoms with E-state index in [0.717, 1.165) is 35.4 Å². The van der Waals surface area contributed by atoms with Crippen molar-refractivity contribution < 1.29 is 9.53 Å². The van der Waals surface area contributed by atoms with Crippen LogP contribution < -0.4 is 10.2 Å². The fourth-order valence-electron chi connectivity index (χ4n) is 2.62. The molecule has 0 spiro atoms. The number of hydrazone groups is 1. The molecule has 1 aliphatic carbocycles. The quantitative estimate of drug-likeness (QED) is 0.858. The zero-order valence-corrected chi connectivity index (χ0v) is 13.7. The van der Waals surface area contributed by atoms with Gasteiger partial charge in [-0.15, -0.1) is 0 Å². The van der Waals surface area contributed by atoms with E-state index in [1.807, 2.05) is 32.0 Å². The third kappa shape index (κ3) is 5.17. The molecular formula is C18H26N2O2. The van der Waals surface area contributed by atoms with E-state index < -0.39 is 0 Å². The van der Waals surface area contributed by atoms with Crippen LogP contribution in [0.2, 0.25) is 0 Å². The van der Waals surface area contributed by atoms with E-state index in [1.165, 1.54) is 32.1 Å². The molecule has 4 nitrogen and oxygen atoms in total. The van der Waals surface area contributed by atoms with Crippen LogP contribution in [0.15, 0.2) is 23.3 Å². The number of nitrogens with one attached hydrogen (secondary N) is 1. The zero-order valence-electron chi connectivity index (χ0n) is 13.7. The lowest BCUT2D eigenvalue weighted by Gasteiger charge is -2.12. The molecule has 0 bridgehead atoms. The van der Waals surface area contributed by atoms with Gasteiger partial charge in [-0.05, 0) is 56.7 Å². The summed E-state index contributed by atoms with van der Waals surface area (Å²) in [4.78, 5) is 11.9. The Hall–Kier alpha value is -1.84. The molecule has 0 unspecified atom stereocenters. The number of carbonyl (C=O) groups is 1. The summed E-state index contributed by atoms with van der Waals surface area (Å²) < 4.78 is 5.58. The second-order valence-electron chi connectivity index (χ2n) is 5.97. The highest BCUT2D eigenvalue weighted by Crippen LogP contribution is 2.20. The molecule has 0 atom stereocenters. The summed E-state index contributed by atoms with van der Waals surface area (Å²) in [5.74, 6) is 0.559. The Kier molecular flexibility index (Phi) is 6.44. The fraction of sp³-hybridized carbons (Fsp3) is 0.556. The third-order valence-electron chi connectivity index (χ3n) is 4.18. The molecule has 1 aromatic rings. The second kappa shape index (κ2) is 8.57. The van der Waals surface area contributed by atoms with Crippen molar-refractivity contribution in [3.05, 3.63) is 29.3 Å². The maximum atomic E-state index is 11.9. The monoisotopic (exact) mass is 302 g/mol. The van der Waals surface area contributed by atoms with Gasteiger partial charge in [0.05, 0.1) is 0 Å². The van der Waals surface area contributed by atoms with Gasteiger partial charge in [0.1, 0.15) is 5.75 Å². The summed E-state index contributed by atoms with van der Waals surface area (Å²) in [5.41, 5.74) is 5.97. The third-order valence-corrected chi connectivity index (χ3v) is 4.18. The van der Waals surface area contributed by atoms with Gasteiger partial charge in [-0.1, -0.05) is 31.4 Å². The Morgan fingerprint density at radius 3 is 2.55 bits per heavy atom. The number of carbonyl (C=O) groups excluding carboxylic acids is 1. The fourth-order valence-corrected chi connectivity index (χ4v) is 2.62. The van der Waals surface area contributed by atoms with E-state index in [0.29, 0.717) is 0 Å². The smallest absolute Gasteiger partial charge is 0.277 e. The number of hydrogen-bond acceptors (Lipinski definition) is 3. The van der Waals surface area contributed by atoms with Crippen LogP contribution in [-0.2, 0) is 4.79 Å². The molecule has 0 aliphatic heterocycles. The molecule has 0 aromatic heterocycles. The number of ether oxygens (including phenoxy) is 1. The van der Waals surface area contributed by atoms with E-state index in [9.17, 15) is 4.79 Å². The van der Waals surface area contributed by atoms with Crippen LogP contribution in [0.1, 0.15) is 56.1 Å². The van der Waals surface area contributed by atoms with Crippen LogP contribution in [-0.4, -0.2) is 18.2 Å². The maximum absolute atomic E-state index is 11.9. The summed E-state index contributed by atoms with van der Waals surface area (Å²) in [5, 5.41) is 4.27. The molecule has 1 N–H and O–H groups in total. The Morgan fingerprint density at radius 2 is 1.82 bits per heavy atom. The number of benzene rings is 1. The first kappa shape index (κ1) is 16.5. The van der Waals surface area contributed by atoms with Crippen molar-refractivity contribution in [2.75, 3.05) is 6.61 Å². The first-order valence-corrected chi connectivity index (χ1v) is 8.20. The minimum absolute atomic E-state index is 0.00106. The minimum atomic E-state index is -0.199. The SMILES string of the molecule is Cc1cccc(OCC(=O)NN=C2CCCCCCC2)c1C. The highest BCUT2D eigenvalue weighted by molar-refractivity contribution is 5.86. The normalized spacial score (nSPS) is 15.6. The molecule has 4 heteroatoms. The van der Waals surface area contributed by atoms with Crippen molar-refractivity contribution in [2.45, 2.75) is 58.8 Å². The predicted octanol–water partition coefficient (Wildman–Crippen LogP) is 3.90. The van der Waals surface area contributed by atoms with Crippen LogP contribution in [0, 0.1) is 13.8 Å². The number of amides is 1. The van der Waals surface area contributed by atoms with Gasteiger partial charge >= 0.3 is 0 Å². The Labute approximate surface area is 132 Å². The topological polar surface area (TPSA) is 50.7 Å². The zero-order chi connectivity index (χ0) is 15.8. The molecule has 0 radical (unpaired) electrons. The van der Waals surface area contributed by atoms with Gasteiger partial charge in [-0.3, -0.25) is 4.79 Å². The maximum Gasteiger partial charge on any atom is 0.277 e. The molecule has 1 aliphatic rings. The largest absolute Gasteiger partial charge is 0.483 e. The van der Waals surface area contributed by atoms with Crippen LogP contribution in [0.4, 0.5) is 0 Å². The van der Waals surface area contributed by atoms with Gasteiger partial charge in [-0.25, -0.2) is 5.43 Å². The number of hydrogen-bond donors (Lipinski definition) is 1. The molecule has 1 aromatic carbocycles. The Bertz CT molecular complexity index is 528. The highest BCUT2D eigenvalue weighted by Gasteiger charge is 2.08. The van der Waals surface area contributed by atoms with Crippen LogP contribution in [0.25, 0.3) is 0 Å². The number of nitrogens with zero attached hydrogens (tertiary/aromatic N) is 1. The van der Waals surface area contributed by atoms with Crippen LogP contribution >= 0.6 is 0 Å². The molecule has 0 saturated heterocycles. The molecule has 2 rings (SSSR count). The molecule has 1 saturated carbocycles. The lowest BCUT2D eigenvalue weighted by Crippen LogP contribution is -2.26. The van der Waals surface area contributed by atoms with Crippen molar-refractivity contribution in [1.29, 1.82) is 0 Å². The lowest BCUT2D eigenvalue weighted by molar-refractivity contribution is -0.123. The standard InChI is InChI=1S/C18H26N2O2/c1-14-9-8-12-17(15(14)2)22-13-18(21)20-19-16-10-6-4-3-5-7-11-16/h8-9,12H,3-7,10-11,13H2,1-2H3,(H,20,21). The second-order valence-corrected chi connectivity index (χ2v) is 5.97. The summed E-state index contributed by atoms with van der Waals surface area (Å²) >= 11 is 0. The van der Waals surface area contributed by atoms with Crippen molar-refractivity contribution in [1.82, 2.24) is 5.43 Å². The lowest BCUT2D eigenvalue weighted by atomic mass is 9.99. The van der Waals surface area contributed by atoms with Gasteiger partial charge < -0.3 is 4.74 Å². The predicted molar refractivity (Wildman–Crippen MR) is 89.3 cm³/mol. The molecular weight excluding hydrogens is 276 g/mol. The van der Waals surface area contributed by atoms with Crippen molar-refractivity contribution in [3.63, 3.8) is 0 Å². The first-order chi connectivity index (χ1) is 10.7. The van der Waals surface area contributed by atoms with E-state index in [1.54, 1.807) is 0 Å². The van der Waals surface area contributed by atoms with E-state index in [-0.39, 0.29) is 12.5 Å². The molecule has 22 heavy (non-hydrogen) atoms. The van der Waals surface area contributed by atoms with Crippen LogP contribution in [0.3, 0.4) is 0 Å². The Balaban J connectivity index is 1.81. The van der Waals surface area contributed by atoms with Gasteiger partial charge in [-0.2, -0.15) is 5.10 Å². The average Bonchev–Trinajstić information content (AvgIpc) is 2.47. The van der Waals surface area contributed by atoms with E-state index >= 15 is 0 Å². The van der Waals surface area contributed by atoms with Crippen molar-refractivity contribution in [2.24, 2.45) is 5.10 Å². The van der Waals surface area contributed by atoms with Gasteiger partial charge in [0, 0.05) is 5.71 Å². The molecule has 1 amide bonds. The Morgan fingerprint density at radius 1 is 1.14 bits per heavy atom. The van der Waals surface area contributed by atoms with Gasteiger partial charge in [0.2, 0.25) is 0 Å². The number of rotatable bonds is 4. The number of aryl methyl sites for hydroxylation is 1. The first-order valence-electron chi connectivity index (χ1n) is 8.20. The van der Waals surface area contributed by atoms with Crippen molar-refractivity contribution >= 4 is 11.6 Å². The molecule has 1 fully saturated rings.